The monoisotopic (exact) mass is 356 g/mol. The molecule has 0 aliphatic carbocycles. The fourth-order valence-corrected chi connectivity index (χ4v) is 3.86. The van der Waals surface area contributed by atoms with Gasteiger partial charge in [-0.2, -0.15) is 8.78 Å². The lowest BCUT2D eigenvalue weighted by Crippen LogP contribution is -2.55. The van der Waals surface area contributed by atoms with Gasteiger partial charge < -0.3 is 14.9 Å². The molecule has 0 radical (unpaired) electrons. The molecule has 0 aromatic heterocycles. The van der Waals surface area contributed by atoms with Crippen LogP contribution in [-0.2, 0) is 6.54 Å². The number of alkyl halides is 2. The van der Waals surface area contributed by atoms with E-state index >= 15 is 0 Å². The number of likely N-dealkylation sites (tertiary alicyclic amines) is 2. The minimum absolute atomic E-state index is 0.108. The summed E-state index contributed by atoms with van der Waals surface area (Å²) < 4.78 is 29.6. The molecule has 7 heteroatoms. The van der Waals surface area contributed by atoms with Crippen molar-refractivity contribution in [2.24, 2.45) is 0 Å². The summed E-state index contributed by atoms with van der Waals surface area (Å²) in [7, 11) is 0. The summed E-state index contributed by atoms with van der Waals surface area (Å²) in [5.74, 6) is 0.194. The third-order valence-corrected chi connectivity index (χ3v) is 5.18. The third-order valence-electron chi connectivity index (χ3n) is 5.18. The summed E-state index contributed by atoms with van der Waals surface area (Å²) in [6.07, 6.45) is 1.64. The fraction of sp³-hybridized carbons (Fsp3) is 0.667. The van der Waals surface area contributed by atoms with Crippen LogP contribution in [0.4, 0.5) is 8.78 Å². The van der Waals surface area contributed by atoms with Crippen molar-refractivity contribution in [3.8, 4) is 5.75 Å². The van der Waals surface area contributed by atoms with E-state index in [4.69, 9.17) is 0 Å². The van der Waals surface area contributed by atoms with Gasteiger partial charge in [-0.15, -0.1) is 0 Å². The van der Waals surface area contributed by atoms with E-state index in [0.717, 1.165) is 38.9 Å². The number of aliphatic hydroxyl groups excluding tert-OH is 2. The standard InChI is InChI=1S/C18H26F2N2O3/c19-18(20)25-17-4-2-1-3-13(17)11-21-8-7-15(16(24)12-21)22-9-5-14(23)6-10-22/h1-4,14-16,18,23-24H,5-12H2/t15-,16-/m1/s1. The van der Waals surface area contributed by atoms with Crippen LogP contribution in [0.2, 0.25) is 0 Å². The van der Waals surface area contributed by atoms with Crippen molar-refractivity contribution < 1.29 is 23.7 Å². The number of nitrogens with zero attached hydrogens (tertiary/aromatic N) is 2. The van der Waals surface area contributed by atoms with Gasteiger partial charge in [-0.05, 0) is 25.3 Å². The molecule has 2 atom stereocenters. The lowest BCUT2D eigenvalue weighted by molar-refractivity contribution is -0.0521. The summed E-state index contributed by atoms with van der Waals surface area (Å²) in [5.41, 5.74) is 0.703. The number of aliphatic hydroxyl groups is 2. The Morgan fingerprint density at radius 3 is 2.48 bits per heavy atom. The minimum atomic E-state index is -2.84. The van der Waals surface area contributed by atoms with Crippen LogP contribution in [0, 0.1) is 0 Å². The van der Waals surface area contributed by atoms with Gasteiger partial charge in [0.15, 0.2) is 0 Å². The van der Waals surface area contributed by atoms with Gasteiger partial charge in [0.25, 0.3) is 0 Å². The molecule has 0 amide bonds. The summed E-state index contributed by atoms with van der Waals surface area (Å²) in [4.78, 5) is 4.34. The van der Waals surface area contributed by atoms with Crippen LogP contribution < -0.4 is 4.74 Å². The van der Waals surface area contributed by atoms with Gasteiger partial charge in [0, 0.05) is 44.3 Å². The van der Waals surface area contributed by atoms with E-state index in [-0.39, 0.29) is 17.9 Å². The summed E-state index contributed by atoms with van der Waals surface area (Å²) in [6, 6.07) is 6.91. The van der Waals surface area contributed by atoms with Crippen LogP contribution in [0.1, 0.15) is 24.8 Å². The second-order valence-corrected chi connectivity index (χ2v) is 6.91. The van der Waals surface area contributed by atoms with Crippen LogP contribution in [0.3, 0.4) is 0 Å². The highest BCUT2D eigenvalue weighted by Crippen LogP contribution is 2.26. The highest BCUT2D eigenvalue weighted by molar-refractivity contribution is 5.33. The average molecular weight is 356 g/mol. The zero-order valence-electron chi connectivity index (χ0n) is 14.2. The van der Waals surface area contributed by atoms with Crippen molar-refractivity contribution in [1.82, 2.24) is 9.80 Å². The number of hydrogen-bond donors (Lipinski definition) is 2. The Labute approximate surface area is 146 Å². The Morgan fingerprint density at radius 2 is 1.80 bits per heavy atom. The van der Waals surface area contributed by atoms with E-state index in [2.05, 4.69) is 14.5 Å². The predicted molar refractivity (Wildman–Crippen MR) is 89.6 cm³/mol. The lowest BCUT2D eigenvalue weighted by Gasteiger charge is -2.43. The summed E-state index contributed by atoms with van der Waals surface area (Å²) in [5, 5.41) is 20.2. The van der Waals surface area contributed by atoms with Crippen molar-refractivity contribution in [3.05, 3.63) is 29.8 Å². The van der Waals surface area contributed by atoms with Crippen LogP contribution in [-0.4, -0.2) is 71.1 Å². The van der Waals surface area contributed by atoms with Crippen molar-refractivity contribution in [2.75, 3.05) is 26.2 Å². The van der Waals surface area contributed by atoms with E-state index in [0.29, 0.717) is 18.7 Å². The first-order chi connectivity index (χ1) is 12.0. The van der Waals surface area contributed by atoms with E-state index in [1.807, 2.05) is 0 Å². The number of hydrogen-bond acceptors (Lipinski definition) is 5. The smallest absolute Gasteiger partial charge is 0.387 e. The summed E-state index contributed by atoms with van der Waals surface area (Å²) >= 11 is 0. The number of benzene rings is 1. The topological polar surface area (TPSA) is 56.2 Å². The predicted octanol–water partition coefficient (Wildman–Crippen LogP) is 1.68. The van der Waals surface area contributed by atoms with Gasteiger partial charge in [0.05, 0.1) is 12.2 Å². The number of halogens is 2. The Balaban J connectivity index is 1.57. The quantitative estimate of drug-likeness (QED) is 0.841. The number of ether oxygens (including phenoxy) is 1. The molecular weight excluding hydrogens is 330 g/mol. The molecule has 2 aliphatic heterocycles. The first-order valence-electron chi connectivity index (χ1n) is 8.88. The third kappa shape index (κ3) is 4.88. The van der Waals surface area contributed by atoms with E-state index in [9.17, 15) is 19.0 Å². The van der Waals surface area contributed by atoms with Crippen LogP contribution in [0.25, 0.3) is 0 Å². The van der Waals surface area contributed by atoms with E-state index in [1.54, 1.807) is 24.3 Å². The molecule has 0 unspecified atom stereocenters. The molecule has 3 rings (SSSR count). The highest BCUT2D eigenvalue weighted by atomic mass is 19.3. The number of piperidine rings is 2. The SMILES string of the molecule is OC1CCN([C@@H]2CCN(Cc3ccccc3OC(F)F)C[C@H]2O)CC1. The van der Waals surface area contributed by atoms with Crippen LogP contribution in [0.15, 0.2) is 24.3 Å². The first kappa shape index (κ1) is 18.5. The molecule has 2 heterocycles. The molecule has 1 aromatic rings. The Kier molecular flexibility index (Phi) is 6.22. The number of β-amino-alcohol motifs (C(OH)–C–C–N with tert-alkyl or cyclic N) is 1. The molecule has 0 bridgehead atoms. The van der Waals surface area contributed by atoms with Gasteiger partial charge in [-0.1, -0.05) is 18.2 Å². The average Bonchev–Trinajstić information content (AvgIpc) is 2.57. The van der Waals surface area contributed by atoms with Gasteiger partial charge in [-0.25, -0.2) is 0 Å². The zero-order chi connectivity index (χ0) is 17.8. The number of rotatable bonds is 5. The van der Waals surface area contributed by atoms with Gasteiger partial charge in [-0.3, -0.25) is 9.80 Å². The Bertz CT molecular complexity index is 553. The molecular formula is C18H26F2N2O3. The Hall–Kier alpha value is -1.28. The van der Waals surface area contributed by atoms with Crippen molar-refractivity contribution >= 4 is 0 Å². The van der Waals surface area contributed by atoms with Crippen molar-refractivity contribution in [3.63, 3.8) is 0 Å². The second-order valence-electron chi connectivity index (χ2n) is 6.91. The van der Waals surface area contributed by atoms with Crippen molar-refractivity contribution in [1.29, 1.82) is 0 Å². The maximum Gasteiger partial charge on any atom is 0.387 e. The molecule has 5 nitrogen and oxygen atoms in total. The molecule has 0 saturated carbocycles. The molecule has 2 aliphatic rings. The largest absolute Gasteiger partial charge is 0.434 e. The van der Waals surface area contributed by atoms with E-state index < -0.39 is 12.7 Å². The second kappa shape index (κ2) is 8.40. The van der Waals surface area contributed by atoms with Crippen molar-refractivity contribution in [2.45, 2.75) is 50.7 Å². The minimum Gasteiger partial charge on any atom is -0.434 e. The Morgan fingerprint density at radius 1 is 1.08 bits per heavy atom. The first-order valence-corrected chi connectivity index (χ1v) is 8.88. The molecule has 2 fully saturated rings. The van der Waals surface area contributed by atoms with Crippen LogP contribution >= 0.6 is 0 Å². The normalized spacial score (nSPS) is 26.9. The van der Waals surface area contributed by atoms with Gasteiger partial charge >= 0.3 is 6.61 Å². The zero-order valence-corrected chi connectivity index (χ0v) is 14.2. The molecule has 2 N–H and O–H groups in total. The van der Waals surface area contributed by atoms with Gasteiger partial charge in [0.2, 0.25) is 0 Å². The van der Waals surface area contributed by atoms with Gasteiger partial charge in [0.1, 0.15) is 5.75 Å². The highest BCUT2D eigenvalue weighted by Gasteiger charge is 2.33. The van der Waals surface area contributed by atoms with Crippen LogP contribution in [0.5, 0.6) is 5.75 Å². The molecule has 25 heavy (non-hydrogen) atoms. The fourth-order valence-electron chi connectivity index (χ4n) is 3.86. The lowest BCUT2D eigenvalue weighted by atomic mass is 9.96. The van der Waals surface area contributed by atoms with E-state index in [1.165, 1.54) is 0 Å². The summed E-state index contributed by atoms with van der Waals surface area (Å²) in [6.45, 7) is 0.566. The maximum atomic E-state index is 12.5. The maximum absolute atomic E-state index is 12.5. The molecule has 2 saturated heterocycles. The molecule has 1 aromatic carbocycles. The molecule has 140 valence electrons. The number of para-hydroxylation sites is 1. The molecule has 0 spiro atoms.